The zero-order valence-corrected chi connectivity index (χ0v) is 11.7. The Labute approximate surface area is 118 Å². The normalized spacial score (nSPS) is 9.74. The van der Waals surface area contributed by atoms with Crippen molar-refractivity contribution in [2.45, 2.75) is 25.7 Å². The van der Waals surface area contributed by atoms with Gasteiger partial charge in [0, 0.05) is 18.0 Å². The number of nitriles is 1. The Morgan fingerprint density at radius 2 is 2.21 bits per heavy atom. The topological polar surface area (TPSA) is 62.1 Å². The Hall–Kier alpha value is -1.73. The van der Waals surface area contributed by atoms with Crippen molar-refractivity contribution in [1.29, 1.82) is 5.26 Å². The van der Waals surface area contributed by atoms with Crippen LogP contribution in [0.4, 0.5) is 5.69 Å². The van der Waals surface area contributed by atoms with Crippen LogP contribution in [-0.4, -0.2) is 19.6 Å². The Morgan fingerprint density at radius 1 is 1.42 bits per heavy atom. The molecule has 102 valence electrons. The second kappa shape index (κ2) is 8.39. The number of hydrogen-bond donors (Lipinski definition) is 1. The fourth-order valence-electron chi connectivity index (χ4n) is 1.66. The van der Waals surface area contributed by atoms with E-state index in [1.54, 1.807) is 18.2 Å². The minimum atomic E-state index is -0.172. The SMILES string of the molecule is COC(=O)CCCCCNc1cc(Cl)ccc1C#N. The first kappa shape index (κ1) is 15.3. The molecule has 0 bridgehead atoms. The summed E-state index contributed by atoms with van der Waals surface area (Å²) in [6.45, 7) is 0.746. The smallest absolute Gasteiger partial charge is 0.305 e. The van der Waals surface area contributed by atoms with E-state index in [9.17, 15) is 4.79 Å². The number of ether oxygens (including phenoxy) is 1. The van der Waals surface area contributed by atoms with Crippen LogP contribution >= 0.6 is 11.6 Å². The lowest BCUT2D eigenvalue weighted by Crippen LogP contribution is -2.04. The van der Waals surface area contributed by atoms with Crippen molar-refractivity contribution in [2.75, 3.05) is 19.0 Å². The first-order valence-corrected chi connectivity index (χ1v) is 6.55. The molecule has 0 aliphatic heterocycles. The molecule has 0 saturated heterocycles. The van der Waals surface area contributed by atoms with Gasteiger partial charge in [-0.2, -0.15) is 5.26 Å². The number of unbranched alkanes of at least 4 members (excludes halogenated alkanes) is 2. The Kier molecular flexibility index (Phi) is 6.76. The fraction of sp³-hybridized carbons (Fsp3) is 0.429. The van der Waals surface area contributed by atoms with E-state index in [-0.39, 0.29) is 5.97 Å². The van der Waals surface area contributed by atoms with Crippen LogP contribution in [0, 0.1) is 11.3 Å². The van der Waals surface area contributed by atoms with Crippen LogP contribution in [0.15, 0.2) is 18.2 Å². The minimum absolute atomic E-state index is 0.172. The molecule has 0 amide bonds. The molecule has 0 heterocycles. The van der Waals surface area contributed by atoms with Gasteiger partial charge in [0.1, 0.15) is 6.07 Å². The molecule has 1 N–H and O–H groups in total. The van der Waals surface area contributed by atoms with Gasteiger partial charge in [0.25, 0.3) is 0 Å². The second-order valence-electron chi connectivity index (χ2n) is 4.12. The van der Waals surface area contributed by atoms with Crippen LogP contribution in [0.25, 0.3) is 0 Å². The van der Waals surface area contributed by atoms with E-state index in [0.29, 0.717) is 17.0 Å². The summed E-state index contributed by atoms with van der Waals surface area (Å²) in [6.07, 6.45) is 3.13. The molecule has 0 fully saturated rings. The third-order valence-corrected chi connectivity index (χ3v) is 2.94. The molecule has 1 rings (SSSR count). The van der Waals surface area contributed by atoms with Crippen LogP contribution in [0.3, 0.4) is 0 Å². The zero-order valence-electron chi connectivity index (χ0n) is 10.9. The quantitative estimate of drug-likeness (QED) is 0.614. The van der Waals surface area contributed by atoms with E-state index in [0.717, 1.165) is 31.5 Å². The Balaban J connectivity index is 2.28. The van der Waals surface area contributed by atoms with E-state index >= 15 is 0 Å². The average molecular weight is 281 g/mol. The summed E-state index contributed by atoms with van der Waals surface area (Å²) in [5.74, 6) is -0.172. The van der Waals surface area contributed by atoms with Gasteiger partial charge in [-0.3, -0.25) is 4.79 Å². The van der Waals surface area contributed by atoms with Crippen LogP contribution in [0.5, 0.6) is 0 Å². The molecule has 5 heteroatoms. The number of benzene rings is 1. The number of halogens is 1. The molecule has 19 heavy (non-hydrogen) atoms. The Morgan fingerprint density at radius 3 is 2.89 bits per heavy atom. The summed E-state index contributed by atoms with van der Waals surface area (Å²) in [7, 11) is 1.40. The molecule has 0 atom stereocenters. The van der Waals surface area contributed by atoms with Gasteiger partial charge < -0.3 is 10.1 Å². The molecule has 0 unspecified atom stereocenters. The van der Waals surface area contributed by atoms with Crippen LogP contribution in [0.1, 0.15) is 31.2 Å². The summed E-state index contributed by atoms with van der Waals surface area (Å²) in [5.41, 5.74) is 1.34. The number of hydrogen-bond acceptors (Lipinski definition) is 4. The molecule has 4 nitrogen and oxygen atoms in total. The van der Waals surface area contributed by atoms with E-state index in [4.69, 9.17) is 16.9 Å². The fourth-order valence-corrected chi connectivity index (χ4v) is 1.83. The first-order chi connectivity index (χ1) is 9.17. The van der Waals surface area contributed by atoms with Crippen molar-refractivity contribution in [1.82, 2.24) is 0 Å². The van der Waals surface area contributed by atoms with Gasteiger partial charge in [-0.25, -0.2) is 0 Å². The monoisotopic (exact) mass is 280 g/mol. The predicted molar refractivity (Wildman–Crippen MR) is 75.1 cm³/mol. The Bertz CT molecular complexity index is 469. The summed E-state index contributed by atoms with van der Waals surface area (Å²) in [4.78, 5) is 10.9. The number of rotatable bonds is 7. The molecule has 0 radical (unpaired) electrons. The first-order valence-electron chi connectivity index (χ1n) is 6.17. The third-order valence-electron chi connectivity index (χ3n) is 2.70. The van der Waals surface area contributed by atoms with Crippen molar-refractivity contribution in [2.24, 2.45) is 0 Å². The molecule has 0 spiro atoms. The van der Waals surface area contributed by atoms with Gasteiger partial charge in [0.15, 0.2) is 0 Å². The molecule has 0 saturated carbocycles. The van der Waals surface area contributed by atoms with Gasteiger partial charge in [-0.1, -0.05) is 18.0 Å². The minimum Gasteiger partial charge on any atom is -0.469 e. The molecule has 1 aromatic rings. The number of nitrogens with zero attached hydrogens (tertiary/aromatic N) is 1. The number of nitrogens with one attached hydrogen (secondary N) is 1. The molecular formula is C14H17ClN2O2. The number of esters is 1. The molecule has 0 aliphatic rings. The van der Waals surface area contributed by atoms with Crippen LogP contribution in [0.2, 0.25) is 5.02 Å². The maximum Gasteiger partial charge on any atom is 0.305 e. The van der Waals surface area contributed by atoms with Gasteiger partial charge >= 0.3 is 5.97 Å². The van der Waals surface area contributed by atoms with E-state index in [2.05, 4.69) is 16.1 Å². The van der Waals surface area contributed by atoms with Crippen molar-refractivity contribution < 1.29 is 9.53 Å². The van der Waals surface area contributed by atoms with Crippen molar-refractivity contribution >= 4 is 23.3 Å². The number of carbonyl (C=O) groups excluding carboxylic acids is 1. The van der Waals surface area contributed by atoms with Crippen molar-refractivity contribution in [3.63, 3.8) is 0 Å². The summed E-state index contributed by atoms with van der Waals surface area (Å²) < 4.78 is 4.56. The highest BCUT2D eigenvalue weighted by atomic mass is 35.5. The summed E-state index contributed by atoms with van der Waals surface area (Å²) in [5, 5.41) is 12.7. The molecule has 0 aromatic heterocycles. The lowest BCUT2D eigenvalue weighted by atomic mass is 10.1. The maximum atomic E-state index is 10.9. The maximum absolute atomic E-state index is 10.9. The summed E-state index contributed by atoms with van der Waals surface area (Å²) >= 11 is 5.89. The number of methoxy groups -OCH3 is 1. The van der Waals surface area contributed by atoms with Crippen molar-refractivity contribution in [3.8, 4) is 6.07 Å². The highest BCUT2D eigenvalue weighted by molar-refractivity contribution is 6.30. The van der Waals surface area contributed by atoms with E-state index < -0.39 is 0 Å². The molecule has 0 aliphatic carbocycles. The van der Waals surface area contributed by atoms with Crippen molar-refractivity contribution in [3.05, 3.63) is 28.8 Å². The molecule has 1 aromatic carbocycles. The van der Waals surface area contributed by atoms with Crippen LogP contribution in [-0.2, 0) is 9.53 Å². The standard InChI is InChI=1S/C14H17ClN2O2/c1-19-14(18)5-3-2-4-8-17-13-9-12(15)7-6-11(13)10-16/h6-7,9,17H,2-5,8H2,1H3. The second-order valence-corrected chi connectivity index (χ2v) is 4.55. The zero-order chi connectivity index (χ0) is 14.1. The van der Waals surface area contributed by atoms with Gasteiger partial charge in [-0.05, 0) is 31.0 Å². The third kappa shape index (κ3) is 5.62. The van der Waals surface area contributed by atoms with E-state index in [1.807, 2.05) is 0 Å². The van der Waals surface area contributed by atoms with Gasteiger partial charge in [-0.15, -0.1) is 0 Å². The lowest BCUT2D eigenvalue weighted by molar-refractivity contribution is -0.140. The summed E-state index contributed by atoms with van der Waals surface area (Å²) in [6, 6.07) is 7.25. The van der Waals surface area contributed by atoms with Gasteiger partial charge in [0.05, 0.1) is 18.4 Å². The highest BCUT2D eigenvalue weighted by Crippen LogP contribution is 2.20. The van der Waals surface area contributed by atoms with Gasteiger partial charge in [0.2, 0.25) is 0 Å². The molecular weight excluding hydrogens is 264 g/mol. The van der Waals surface area contributed by atoms with E-state index in [1.165, 1.54) is 7.11 Å². The van der Waals surface area contributed by atoms with Crippen LogP contribution < -0.4 is 5.32 Å². The highest BCUT2D eigenvalue weighted by Gasteiger charge is 2.02. The average Bonchev–Trinajstić information content (AvgIpc) is 2.42. The number of anilines is 1. The number of carbonyl (C=O) groups is 1. The lowest BCUT2D eigenvalue weighted by Gasteiger charge is -2.08. The largest absolute Gasteiger partial charge is 0.469 e. The predicted octanol–water partition coefficient (Wildman–Crippen LogP) is 3.36.